The molecule has 0 saturated carbocycles. The monoisotopic (exact) mass is 325 g/mol. The van der Waals surface area contributed by atoms with E-state index in [1.165, 1.54) is 0 Å². The van der Waals surface area contributed by atoms with Crippen LogP contribution in [0.1, 0.15) is 10.4 Å². The molecule has 0 unspecified atom stereocenters. The minimum absolute atomic E-state index is 0.0510. The standard InChI is InChI=1S/C13H11NO2SSe/c15-9-10-5-7-11(8-6-10)17(16)12-3-1-2-4-13(12)18-14-17/h1-9,17H,(H,14,16). The third-order valence-electron chi connectivity index (χ3n) is 2.88. The van der Waals surface area contributed by atoms with Crippen LogP contribution in [0.25, 0.3) is 0 Å². The Morgan fingerprint density at radius 2 is 1.78 bits per heavy atom. The summed E-state index contributed by atoms with van der Waals surface area (Å²) in [6.07, 6.45) is 0.791. The molecule has 0 amide bonds. The number of thiol groups is 1. The first-order valence-corrected chi connectivity index (χ1v) is 8.85. The van der Waals surface area contributed by atoms with Crippen molar-refractivity contribution in [3.05, 3.63) is 54.1 Å². The van der Waals surface area contributed by atoms with Crippen LogP contribution in [0.15, 0.2) is 58.3 Å². The van der Waals surface area contributed by atoms with Crippen molar-refractivity contribution in [2.75, 3.05) is 0 Å². The SMILES string of the molecule is O=Cc1ccc([SH]2(=O)N[Se]c3ccccc32)cc1. The second kappa shape index (κ2) is 4.44. The van der Waals surface area contributed by atoms with Crippen molar-refractivity contribution in [2.45, 2.75) is 9.79 Å². The Hall–Kier alpha value is -1.26. The van der Waals surface area contributed by atoms with Crippen LogP contribution in [-0.2, 0) is 10.1 Å². The summed E-state index contributed by atoms with van der Waals surface area (Å²) in [4.78, 5) is 12.3. The van der Waals surface area contributed by atoms with E-state index < -0.39 is 10.1 Å². The van der Waals surface area contributed by atoms with E-state index in [0.717, 1.165) is 20.5 Å². The van der Waals surface area contributed by atoms with E-state index in [0.29, 0.717) is 5.56 Å². The summed E-state index contributed by atoms with van der Waals surface area (Å²) < 4.78 is 17.4. The molecule has 0 fully saturated rings. The van der Waals surface area contributed by atoms with Gasteiger partial charge in [0.1, 0.15) is 0 Å². The molecule has 18 heavy (non-hydrogen) atoms. The van der Waals surface area contributed by atoms with Crippen LogP contribution in [0, 0.1) is 0 Å². The zero-order valence-electron chi connectivity index (χ0n) is 9.37. The summed E-state index contributed by atoms with van der Waals surface area (Å²) in [5.74, 6) is 0. The molecule has 1 N–H and O–H groups in total. The van der Waals surface area contributed by atoms with E-state index in [1.807, 2.05) is 24.3 Å². The normalized spacial score (nSPS) is 18.0. The van der Waals surface area contributed by atoms with Crippen LogP contribution in [0.2, 0.25) is 0 Å². The van der Waals surface area contributed by atoms with Crippen LogP contribution in [-0.4, -0.2) is 25.7 Å². The molecule has 92 valence electrons. The molecule has 0 radical (unpaired) electrons. The number of aldehydes is 1. The molecule has 3 nitrogen and oxygen atoms in total. The Bertz CT molecular complexity index is 654. The fraction of sp³-hybridized carbons (Fsp3) is 0. The Labute approximate surface area is 113 Å². The van der Waals surface area contributed by atoms with Gasteiger partial charge in [0.05, 0.1) is 0 Å². The number of fused-ring (bicyclic) bond motifs is 1. The Morgan fingerprint density at radius 1 is 1.06 bits per heavy atom. The molecule has 0 saturated heterocycles. The average molecular weight is 324 g/mol. The number of carbonyl (C=O) groups excluding carboxylic acids is 1. The van der Waals surface area contributed by atoms with Crippen molar-refractivity contribution >= 4 is 36.0 Å². The first-order valence-electron chi connectivity index (χ1n) is 5.43. The van der Waals surface area contributed by atoms with Crippen molar-refractivity contribution < 1.29 is 9.00 Å². The minimum atomic E-state index is -2.68. The Balaban J connectivity index is 2.11. The third kappa shape index (κ3) is 1.76. The molecule has 2 aromatic carbocycles. The number of rotatable bonds is 2. The molecular formula is C13H11NO2SSe. The van der Waals surface area contributed by atoms with Gasteiger partial charge in [-0.2, -0.15) is 0 Å². The summed E-state index contributed by atoms with van der Waals surface area (Å²) in [7, 11) is -2.68. The van der Waals surface area contributed by atoms with E-state index in [4.69, 9.17) is 0 Å². The summed E-state index contributed by atoms with van der Waals surface area (Å²) in [6.45, 7) is 0. The first kappa shape index (κ1) is 11.8. The second-order valence-corrected chi connectivity index (χ2v) is 8.88. The molecule has 5 heteroatoms. The first-order chi connectivity index (χ1) is 8.74. The fourth-order valence-electron chi connectivity index (χ4n) is 1.92. The summed E-state index contributed by atoms with van der Waals surface area (Å²) in [5.41, 5.74) is 0.600. The topological polar surface area (TPSA) is 46.2 Å². The number of hydrogen-bond acceptors (Lipinski definition) is 2. The Kier molecular flexibility index (Phi) is 2.92. The van der Waals surface area contributed by atoms with E-state index in [1.54, 1.807) is 24.3 Å². The van der Waals surface area contributed by atoms with Gasteiger partial charge < -0.3 is 0 Å². The van der Waals surface area contributed by atoms with Crippen molar-refractivity contribution in [3.63, 3.8) is 0 Å². The molecule has 0 spiro atoms. The Morgan fingerprint density at radius 3 is 2.50 bits per heavy atom. The maximum atomic E-state index is 13.1. The molecule has 0 aromatic heterocycles. The van der Waals surface area contributed by atoms with Crippen molar-refractivity contribution in [3.8, 4) is 0 Å². The molecule has 3 rings (SSSR count). The van der Waals surface area contributed by atoms with Crippen LogP contribution in [0.3, 0.4) is 0 Å². The van der Waals surface area contributed by atoms with Crippen LogP contribution in [0.4, 0.5) is 0 Å². The van der Waals surface area contributed by atoms with Gasteiger partial charge in [0, 0.05) is 0 Å². The molecular weight excluding hydrogens is 313 g/mol. The van der Waals surface area contributed by atoms with Gasteiger partial charge in [-0.3, -0.25) is 0 Å². The second-order valence-electron chi connectivity index (χ2n) is 3.98. The molecule has 2 aromatic rings. The van der Waals surface area contributed by atoms with Gasteiger partial charge in [-0.25, -0.2) is 0 Å². The van der Waals surface area contributed by atoms with Crippen molar-refractivity contribution in [1.29, 1.82) is 0 Å². The quantitative estimate of drug-likeness (QED) is 0.485. The van der Waals surface area contributed by atoms with Gasteiger partial charge in [0.2, 0.25) is 0 Å². The average Bonchev–Trinajstić information content (AvgIpc) is 2.78. The van der Waals surface area contributed by atoms with Gasteiger partial charge in [-0.1, -0.05) is 0 Å². The van der Waals surface area contributed by atoms with Gasteiger partial charge in [-0.15, -0.1) is 0 Å². The van der Waals surface area contributed by atoms with Crippen molar-refractivity contribution in [2.24, 2.45) is 0 Å². The zero-order chi connectivity index (χ0) is 12.6. The maximum absolute atomic E-state index is 13.1. The number of hydrogen-bond donors (Lipinski definition) is 2. The number of nitrogens with one attached hydrogen (secondary N) is 1. The van der Waals surface area contributed by atoms with E-state index >= 15 is 0 Å². The molecule has 0 atom stereocenters. The van der Waals surface area contributed by atoms with E-state index in [2.05, 4.69) is 3.74 Å². The third-order valence-corrected chi connectivity index (χ3v) is 9.06. The van der Waals surface area contributed by atoms with Crippen LogP contribution in [0.5, 0.6) is 0 Å². The van der Waals surface area contributed by atoms with Gasteiger partial charge in [0.15, 0.2) is 0 Å². The van der Waals surface area contributed by atoms with E-state index in [9.17, 15) is 9.00 Å². The summed E-state index contributed by atoms with van der Waals surface area (Å²) in [5, 5.41) is 0. The van der Waals surface area contributed by atoms with E-state index in [-0.39, 0.29) is 15.2 Å². The predicted octanol–water partition coefficient (Wildman–Crippen LogP) is 0.696. The molecule has 1 aliphatic heterocycles. The van der Waals surface area contributed by atoms with Gasteiger partial charge in [0.25, 0.3) is 0 Å². The van der Waals surface area contributed by atoms with Crippen LogP contribution < -0.4 is 8.20 Å². The van der Waals surface area contributed by atoms with Gasteiger partial charge >= 0.3 is 113 Å². The molecule has 1 aliphatic rings. The van der Waals surface area contributed by atoms with Crippen LogP contribution >= 0.6 is 0 Å². The summed E-state index contributed by atoms with van der Waals surface area (Å²) in [6, 6.07) is 14.8. The number of benzene rings is 2. The van der Waals surface area contributed by atoms with Gasteiger partial charge in [-0.05, 0) is 0 Å². The molecule has 0 aliphatic carbocycles. The molecule has 1 heterocycles. The predicted molar refractivity (Wildman–Crippen MR) is 72.9 cm³/mol. The fourth-order valence-corrected chi connectivity index (χ4v) is 8.31. The van der Waals surface area contributed by atoms with Crippen molar-refractivity contribution in [1.82, 2.24) is 3.74 Å². The molecule has 0 bridgehead atoms. The summed E-state index contributed by atoms with van der Waals surface area (Å²) >= 11 is 0.0510. The number of carbonyl (C=O) groups is 1. The zero-order valence-corrected chi connectivity index (χ0v) is 12.0.